The van der Waals surface area contributed by atoms with Crippen LogP contribution in [-0.4, -0.2) is 19.7 Å². The molecule has 0 unspecified atom stereocenters. The highest BCUT2D eigenvalue weighted by Gasteiger charge is 2.14. The standard InChI is InChI=1S/C20H25N3O2/c1-25-19-8-4-7-18(13-19)23-20(24)22-17-11-9-16(10-12-17)21-14-15-5-2-3-6-15/h4,7-13,15,21H,2-3,5-6,14H2,1H3,(H2,22,23,24). The van der Waals surface area contributed by atoms with E-state index in [1.807, 2.05) is 42.5 Å². The minimum atomic E-state index is -0.278. The van der Waals surface area contributed by atoms with Crippen molar-refractivity contribution < 1.29 is 9.53 Å². The highest BCUT2D eigenvalue weighted by atomic mass is 16.5. The first kappa shape index (κ1) is 17.1. The van der Waals surface area contributed by atoms with Crippen LogP contribution in [0.1, 0.15) is 25.7 Å². The van der Waals surface area contributed by atoms with Gasteiger partial charge in [-0.15, -0.1) is 0 Å². The fourth-order valence-electron chi connectivity index (χ4n) is 3.14. The summed E-state index contributed by atoms with van der Waals surface area (Å²) in [4.78, 5) is 12.1. The number of amides is 2. The van der Waals surface area contributed by atoms with Crippen molar-refractivity contribution in [1.82, 2.24) is 0 Å². The summed E-state index contributed by atoms with van der Waals surface area (Å²) in [6.45, 7) is 1.03. The van der Waals surface area contributed by atoms with Gasteiger partial charge in [-0.25, -0.2) is 4.79 Å². The van der Waals surface area contributed by atoms with Crippen molar-refractivity contribution in [2.75, 3.05) is 29.6 Å². The first-order valence-electron chi connectivity index (χ1n) is 8.79. The Bertz CT molecular complexity index is 694. The fourth-order valence-corrected chi connectivity index (χ4v) is 3.14. The molecule has 3 rings (SSSR count). The van der Waals surface area contributed by atoms with Crippen LogP contribution in [0.4, 0.5) is 21.9 Å². The van der Waals surface area contributed by atoms with E-state index in [4.69, 9.17) is 4.74 Å². The zero-order chi connectivity index (χ0) is 17.5. The quantitative estimate of drug-likeness (QED) is 0.698. The van der Waals surface area contributed by atoms with Crippen LogP contribution in [0.2, 0.25) is 0 Å². The molecule has 0 spiro atoms. The molecule has 2 aromatic carbocycles. The number of carbonyl (C=O) groups excluding carboxylic acids is 1. The summed E-state index contributed by atoms with van der Waals surface area (Å²) < 4.78 is 5.15. The maximum Gasteiger partial charge on any atom is 0.323 e. The molecule has 5 heteroatoms. The van der Waals surface area contributed by atoms with E-state index >= 15 is 0 Å². The second-order valence-electron chi connectivity index (χ2n) is 6.42. The maximum atomic E-state index is 12.1. The summed E-state index contributed by atoms with van der Waals surface area (Å²) in [5.74, 6) is 1.50. The zero-order valence-corrected chi connectivity index (χ0v) is 14.5. The molecule has 0 bridgehead atoms. The third-order valence-corrected chi connectivity index (χ3v) is 4.54. The Labute approximate surface area is 148 Å². The average molecular weight is 339 g/mol. The number of anilines is 3. The Kier molecular flexibility index (Phi) is 5.77. The molecule has 0 aromatic heterocycles. The lowest BCUT2D eigenvalue weighted by atomic mass is 10.1. The van der Waals surface area contributed by atoms with Gasteiger partial charge in [0.05, 0.1) is 7.11 Å². The number of methoxy groups -OCH3 is 1. The van der Waals surface area contributed by atoms with E-state index in [0.29, 0.717) is 11.4 Å². The van der Waals surface area contributed by atoms with Gasteiger partial charge in [0.25, 0.3) is 0 Å². The maximum absolute atomic E-state index is 12.1. The summed E-state index contributed by atoms with van der Waals surface area (Å²) in [7, 11) is 1.60. The normalized spacial score (nSPS) is 14.1. The third kappa shape index (κ3) is 5.14. The second kappa shape index (κ2) is 8.42. The Morgan fingerprint density at radius 1 is 1.00 bits per heavy atom. The summed E-state index contributed by atoms with van der Waals surface area (Å²) in [6, 6.07) is 14.8. The molecule has 2 aromatic rings. The van der Waals surface area contributed by atoms with Gasteiger partial charge in [-0.2, -0.15) is 0 Å². The molecule has 3 N–H and O–H groups in total. The lowest BCUT2D eigenvalue weighted by molar-refractivity contribution is 0.262. The Morgan fingerprint density at radius 2 is 1.68 bits per heavy atom. The van der Waals surface area contributed by atoms with E-state index in [9.17, 15) is 4.79 Å². The molecular weight excluding hydrogens is 314 g/mol. The van der Waals surface area contributed by atoms with Crippen LogP contribution in [0, 0.1) is 5.92 Å². The summed E-state index contributed by atoms with van der Waals surface area (Å²) in [5.41, 5.74) is 2.53. The molecule has 5 nitrogen and oxygen atoms in total. The van der Waals surface area contributed by atoms with Gasteiger partial charge >= 0.3 is 6.03 Å². The van der Waals surface area contributed by atoms with Gasteiger partial charge in [-0.3, -0.25) is 0 Å². The summed E-state index contributed by atoms with van der Waals surface area (Å²) >= 11 is 0. The number of urea groups is 1. The van der Waals surface area contributed by atoms with Gasteiger partial charge in [0.1, 0.15) is 5.75 Å². The van der Waals surface area contributed by atoms with Crippen LogP contribution >= 0.6 is 0 Å². The predicted octanol–water partition coefficient (Wildman–Crippen LogP) is 4.94. The fraction of sp³-hybridized carbons (Fsp3) is 0.350. The average Bonchev–Trinajstić information content (AvgIpc) is 3.15. The smallest absolute Gasteiger partial charge is 0.323 e. The molecule has 132 valence electrons. The molecule has 0 atom stereocenters. The first-order chi connectivity index (χ1) is 12.2. The number of ether oxygens (including phenoxy) is 1. The number of benzene rings is 2. The third-order valence-electron chi connectivity index (χ3n) is 4.54. The Balaban J connectivity index is 1.49. The highest BCUT2D eigenvalue weighted by molar-refractivity contribution is 5.99. The molecule has 1 fully saturated rings. The van der Waals surface area contributed by atoms with Crippen LogP contribution < -0.4 is 20.7 Å². The monoisotopic (exact) mass is 339 g/mol. The van der Waals surface area contributed by atoms with E-state index < -0.39 is 0 Å². The molecule has 0 aliphatic heterocycles. The minimum absolute atomic E-state index is 0.278. The van der Waals surface area contributed by atoms with Gasteiger partial charge in [0.15, 0.2) is 0 Å². The van der Waals surface area contributed by atoms with Gasteiger partial charge < -0.3 is 20.7 Å². The molecule has 1 aliphatic rings. The van der Waals surface area contributed by atoms with Crippen molar-refractivity contribution in [2.24, 2.45) is 5.92 Å². The zero-order valence-electron chi connectivity index (χ0n) is 14.5. The Hall–Kier alpha value is -2.69. The molecule has 25 heavy (non-hydrogen) atoms. The van der Waals surface area contributed by atoms with E-state index in [1.165, 1.54) is 25.7 Å². The van der Waals surface area contributed by atoms with Crippen molar-refractivity contribution in [3.63, 3.8) is 0 Å². The van der Waals surface area contributed by atoms with Crippen LogP contribution in [0.3, 0.4) is 0 Å². The molecule has 2 amide bonds. The van der Waals surface area contributed by atoms with Crippen molar-refractivity contribution in [1.29, 1.82) is 0 Å². The first-order valence-corrected chi connectivity index (χ1v) is 8.79. The van der Waals surface area contributed by atoms with Crippen LogP contribution in [0.25, 0.3) is 0 Å². The van der Waals surface area contributed by atoms with Gasteiger partial charge in [-0.05, 0) is 55.2 Å². The molecule has 1 saturated carbocycles. The number of rotatable bonds is 6. The minimum Gasteiger partial charge on any atom is -0.497 e. The van der Waals surface area contributed by atoms with E-state index in [-0.39, 0.29) is 6.03 Å². The molecule has 0 heterocycles. The summed E-state index contributed by atoms with van der Waals surface area (Å²) in [5, 5.41) is 9.11. The lowest BCUT2D eigenvalue weighted by Gasteiger charge is -2.13. The van der Waals surface area contributed by atoms with Crippen molar-refractivity contribution in [3.8, 4) is 5.75 Å². The lowest BCUT2D eigenvalue weighted by Crippen LogP contribution is -2.19. The van der Waals surface area contributed by atoms with Crippen LogP contribution in [-0.2, 0) is 0 Å². The number of hydrogen-bond acceptors (Lipinski definition) is 3. The largest absolute Gasteiger partial charge is 0.497 e. The van der Waals surface area contributed by atoms with E-state index in [2.05, 4.69) is 16.0 Å². The van der Waals surface area contributed by atoms with Crippen molar-refractivity contribution in [2.45, 2.75) is 25.7 Å². The van der Waals surface area contributed by atoms with E-state index in [0.717, 1.165) is 23.8 Å². The van der Waals surface area contributed by atoms with Crippen LogP contribution in [0.5, 0.6) is 5.75 Å². The number of carbonyl (C=O) groups is 1. The van der Waals surface area contributed by atoms with Crippen molar-refractivity contribution >= 4 is 23.1 Å². The topological polar surface area (TPSA) is 62.4 Å². The molecule has 0 radical (unpaired) electrons. The van der Waals surface area contributed by atoms with Gasteiger partial charge in [-0.1, -0.05) is 18.9 Å². The molecule has 1 aliphatic carbocycles. The highest BCUT2D eigenvalue weighted by Crippen LogP contribution is 2.25. The number of hydrogen-bond donors (Lipinski definition) is 3. The Morgan fingerprint density at radius 3 is 2.40 bits per heavy atom. The van der Waals surface area contributed by atoms with Crippen molar-refractivity contribution in [3.05, 3.63) is 48.5 Å². The van der Waals surface area contributed by atoms with Crippen LogP contribution in [0.15, 0.2) is 48.5 Å². The summed E-state index contributed by atoms with van der Waals surface area (Å²) in [6.07, 6.45) is 5.38. The molecular formula is C20H25N3O2. The van der Waals surface area contributed by atoms with Gasteiger partial charge in [0, 0.05) is 29.7 Å². The van der Waals surface area contributed by atoms with E-state index in [1.54, 1.807) is 13.2 Å². The molecule has 0 saturated heterocycles. The predicted molar refractivity (Wildman–Crippen MR) is 103 cm³/mol. The number of nitrogens with one attached hydrogen (secondary N) is 3. The SMILES string of the molecule is COc1cccc(NC(=O)Nc2ccc(NCC3CCCC3)cc2)c1. The second-order valence-corrected chi connectivity index (χ2v) is 6.42. The van der Waals surface area contributed by atoms with Gasteiger partial charge in [0.2, 0.25) is 0 Å².